The van der Waals surface area contributed by atoms with Gasteiger partial charge in [-0.3, -0.25) is 4.68 Å². The second-order valence-electron chi connectivity index (χ2n) is 9.57. The van der Waals surface area contributed by atoms with Gasteiger partial charge in [-0.05, 0) is 51.8 Å². The third-order valence-electron chi connectivity index (χ3n) is 6.74. The molecular formula is C26H25FN8O. The fraction of sp³-hybridized carbons (Fsp3) is 0.385. The summed E-state index contributed by atoms with van der Waals surface area (Å²) in [6, 6.07) is 6.81. The van der Waals surface area contributed by atoms with Crippen molar-refractivity contribution >= 4 is 17.1 Å². The summed E-state index contributed by atoms with van der Waals surface area (Å²) < 4.78 is 23.4. The molecular weight excluding hydrogens is 459 g/mol. The summed E-state index contributed by atoms with van der Waals surface area (Å²) in [4.78, 5) is 20.9. The number of rotatable bonds is 4. The molecule has 0 radical (unpaired) electrons. The fourth-order valence-corrected chi connectivity index (χ4v) is 4.56. The number of benzene rings is 1. The fourth-order valence-electron chi connectivity index (χ4n) is 4.56. The summed E-state index contributed by atoms with van der Waals surface area (Å²) in [6.45, 7) is 6.84. The lowest BCUT2D eigenvalue weighted by Crippen LogP contribution is -2.43. The second-order valence-corrected chi connectivity index (χ2v) is 9.57. The van der Waals surface area contributed by atoms with Gasteiger partial charge in [-0.2, -0.15) is 15.3 Å². The van der Waals surface area contributed by atoms with E-state index in [1.807, 2.05) is 37.7 Å². The largest absolute Gasteiger partial charge is 0.367 e. The quantitative estimate of drug-likeness (QED) is 0.424. The maximum absolute atomic E-state index is 15.1. The first-order valence-electron chi connectivity index (χ1n) is 12.1. The highest BCUT2D eigenvalue weighted by atomic mass is 19.1. The van der Waals surface area contributed by atoms with Crippen LogP contribution >= 0.6 is 0 Å². The Kier molecular flexibility index (Phi) is 5.38. The highest BCUT2D eigenvalue weighted by molar-refractivity contribution is 5.88. The van der Waals surface area contributed by atoms with Crippen LogP contribution in [0.15, 0.2) is 30.6 Å². The summed E-state index contributed by atoms with van der Waals surface area (Å²) in [7, 11) is 0. The second kappa shape index (κ2) is 8.60. The van der Waals surface area contributed by atoms with Crippen molar-refractivity contribution in [3.05, 3.63) is 58.9 Å². The number of nitrogens with zero attached hydrogens (tertiary/aromatic N) is 8. The standard InChI is InChI=1S/C26H25FN8O/c1-14-11-34(13-22(36-14)18-10-29-35(12-18)19-5-6-19)26-32-23(20-7-4-17(9-28)8-21(20)27)24-25(33-26)31-16(3)15(2)30-24/h4,7-8,10,12,14,19,22H,5-6,11,13H2,1-3H3. The first kappa shape index (κ1) is 22.5. The van der Waals surface area contributed by atoms with E-state index in [0.717, 1.165) is 29.8 Å². The van der Waals surface area contributed by atoms with Crippen LogP contribution in [-0.2, 0) is 4.74 Å². The lowest BCUT2D eigenvalue weighted by Gasteiger charge is -2.36. The molecule has 0 spiro atoms. The van der Waals surface area contributed by atoms with Crippen molar-refractivity contribution < 1.29 is 9.13 Å². The number of aryl methyl sites for hydroxylation is 2. The van der Waals surface area contributed by atoms with Crippen LogP contribution in [0.4, 0.5) is 10.3 Å². The van der Waals surface area contributed by atoms with Crippen LogP contribution < -0.4 is 4.90 Å². The average Bonchev–Trinajstić information content (AvgIpc) is 3.60. The van der Waals surface area contributed by atoms with Gasteiger partial charge in [-0.1, -0.05) is 0 Å². The smallest absolute Gasteiger partial charge is 0.228 e. The minimum absolute atomic E-state index is 0.0757. The zero-order valence-electron chi connectivity index (χ0n) is 20.3. The molecule has 0 amide bonds. The SMILES string of the molecule is Cc1nc2nc(N3CC(C)OC(c4cnn(C5CC5)c4)C3)nc(-c3ccc(C#N)cc3F)c2nc1C. The van der Waals surface area contributed by atoms with E-state index in [2.05, 4.69) is 26.2 Å². The third kappa shape index (κ3) is 4.05. The van der Waals surface area contributed by atoms with E-state index in [1.54, 1.807) is 12.1 Å². The predicted octanol–water partition coefficient (Wildman–Crippen LogP) is 4.21. The summed E-state index contributed by atoms with van der Waals surface area (Å²) in [5.41, 5.74) is 4.16. The Morgan fingerprint density at radius 1 is 1.08 bits per heavy atom. The molecule has 4 heterocycles. The molecule has 3 aromatic heterocycles. The van der Waals surface area contributed by atoms with Crippen LogP contribution in [-0.4, -0.2) is 48.9 Å². The normalized spacial score (nSPS) is 20.0. The van der Waals surface area contributed by atoms with E-state index < -0.39 is 5.82 Å². The van der Waals surface area contributed by atoms with E-state index in [4.69, 9.17) is 20.0 Å². The Balaban J connectivity index is 1.43. The first-order valence-corrected chi connectivity index (χ1v) is 12.1. The lowest BCUT2D eigenvalue weighted by molar-refractivity contribution is -0.0178. The molecule has 1 saturated heterocycles. The van der Waals surface area contributed by atoms with Crippen molar-refractivity contribution in [2.75, 3.05) is 18.0 Å². The molecule has 36 heavy (non-hydrogen) atoms. The van der Waals surface area contributed by atoms with E-state index >= 15 is 4.39 Å². The van der Waals surface area contributed by atoms with Crippen LogP contribution in [0.2, 0.25) is 0 Å². The Morgan fingerprint density at radius 3 is 2.64 bits per heavy atom. The molecule has 0 N–H and O–H groups in total. The van der Waals surface area contributed by atoms with Gasteiger partial charge < -0.3 is 9.64 Å². The van der Waals surface area contributed by atoms with Gasteiger partial charge in [-0.15, -0.1) is 0 Å². The number of anilines is 1. The van der Waals surface area contributed by atoms with Crippen molar-refractivity contribution in [2.24, 2.45) is 0 Å². The number of nitriles is 1. The van der Waals surface area contributed by atoms with Crippen molar-refractivity contribution in [2.45, 2.75) is 51.9 Å². The van der Waals surface area contributed by atoms with Crippen molar-refractivity contribution in [1.82, 2.24) is 29.7 Å². The summed E-state index contributed by atoms with van der Waals surface area (Å²) in [5.74, 6) is -0.103. The molecule has 0 bridgehead atoms. The van der Waals surface area contributed by atoms with Crippen LogP contribution in [0.3, 0.4) is 0 Å². The first-order chi connectivity index (χ1) is 17.4. The Morgan fingerprint density at radius 2 is 1.89 bits per heavy atom. The Hall–Kier alpha value is -3.97. The Bertz CT molecular complexity index is 1520. The van der Waals surface area contributed by atoms with E-state index in [1.165, 1.54) is 6.07 Å². The molecule has 2 unspecified atom stereocenters. The summed E-state index contributed by atoms with van der Waals surface area (Å²) in [5, 5.41) is 13.7. The van der Waals surface area contributed by atoms with Crippen LogP contribution in [0.25, 0.3) is 22.4 Å². The predicted molar refractivity (Wildman–Crippen MR) is 131 cm³/mol. The number of halogens is 1. The molecule has 1 aliphatic carbocycles. The molecule has 1 aliphatic heterocycles. The van der Waals surface area contributed by atoms with Gasteiger partial charge in [0, 0.05) is 23.9 Å². The zero-order valence-corrected chi connectivity index (χ0v) is 20.3. The lowest BCUT2D eigenvalue weighted by atomic mass is 10.1. The maximum atomic E-state index is 15.1. The van der Waals surface area contributed by atoms with Crippen LogP contribution in [0.1, 0.15) is 54.4 Å². The molecule has 182 valence electrons. The molecule has 6 rings (SSSR count). The number of fused-ring (bicyclic) bond motifs is 1. The van der Waals surface area contributed by atoms with Gasteiger partial charge in [-0.25, -0.2) is 19.3 Å². The van der Waals surface area contributed by atoms with Crippen LogP contribution in [0.5, 0.6) is 0 Å². The van der Waals surface area contributed by atoms with Gasteiger partial charge in [0.05, 0.1) is 47.9 Å². The summed E-state index contributed by atoms with van der Waals surface area (Å²) >= 11 is 0. The number of hydrogen-bond donors (Lipinski definition) is 0. The molecule has 2 aliphatic rings. The average molecular weight is 485 g/mol. The highest BCUT2D eigenvalue weighted by Crippen LogP contribution is 2.36. The number of aromatic nitrogens is 6. The minimum atomic E-state index is -0.541. The van der Waals surface area contributed by atoms with Crippen LogP contribution in [0, 0.1) is 31.0 Å². The van der Waals surface area contributed by atoms with Gasteiger partial charge in [0.15, 0.2) is 5.65 Å². The molecule has 4 aromatic rings. The summed E-state index contributed by atoms with van der Waals surface area (Å²) in [6.07, 6.45) is 5.99. The minimum Gasteiger partial charge on any atom is -0.367 e. The molecule has 1 saturated carbocycles. The van der Waals surface area contributed by atoms with Gasteiger partial charge in [0.2, 0.25) is 5.95 Å². The molecule has 1 aromatic carbocycles. The van der Waals surface area contributed by atoms with Crippen molar-refractivity contribution in [1.29, 1.82) is 5.26 Å². The topological polar surface area (TPSA) is 106 Å². The van der Waals surface area contributed by atoms with E-state index in [-0.39, 0.29) is 23.3 Å². The molecule has 9 nitrogen and oxygen atoms in total. The number of hydrogen-bond acceptors (Lipinski definition) is 8. The van der Waals surface area contributed by atoms with Gasteiger partial charge in [0.1, 0.15) is 23.1 Å². The van der Waals surface area contributed by atoms with Gasteiger partial charge >= 0.3 is 0 Å². The zero-order chi connectivity index (χ0) is 25.0. The molecule has 2 atom stereocenters. The number of ether oxygens (including phenoxy) is 1. The third-order valence-corrected chi connectivity index (χ3v) is 6.74. The highest BCUT2D eigenvalue weighted by Gasteiger charge is 2.32. The monoisotopic (exact) mass is 484 g/mol. The maximum Gasteiger partial charge on any atom is 0.228 e. The molecule has 10 heteroatoms. The van der Waals surface area contributed by atoms with E-state index in [0.29, 0.717) is 41.9 Å². The Labute approximate surface area is 207 Å². The van der Waals surface area contributed by atoms with Gasteiger partial charge in [0.25, 0.3) is 0 Å². The van der Waals surface area contributed by atoms with Crippen molar-refractivity contribution in [3.63, 3.8) is 0 Å². The number of morpholine rings is 1. The van der Waals surface area contributed by atoms with Crippen molar-refractivity contribution in [3.8, 4) is 17.3 Å². The van der Waals surface area contributed by atoms with E-state index in [9.17, 15) is 0 Å². The molecule has 2 fully saturated rings.